The average molecular weight is 365 g/mol. The first-order valence-electron chi connectivity index (χ1n) is 9.42. The molecule has 142 valence electrons. The quantitative estimate of drug-likeness (QED) is 0.617. The van der Waals surface area contributed by atoms with Crippen molar-refractivity contribution < 1.29 is 9.53 Å². The summed E-state index contributed by atoms with van der Waals surface area (Å²) < 4.78 is 7.30. The van der Waals surface area contributed by atoms with Crippen molar-refractivity contribution in [3.8, 4) is 5.75 Å². The fourth-order valence-corrected chi connectivity index (χ4v) is 3.40. The van der Waals surface area contributed by atoms with Gasteiger partial charge in [-0.1, -0.05) is 32.0 Å². The Morgan fingerprint density at radius 3 is 2.67 bits per heavy atom. The molecular weight excluding hydrogens is 338 g/mol. The molecule has 2 heterocycles. The number of aromatic nitrogens is 2. The average Bonchev–Trinajstić information content (AvgIpc) is 3.09. The zero-order valence-corrected chi connectivity index (χ0v) is 16.2. The lowest BCUT2D eigenvalue weighted by molar-refractivity contribution is -0.123. The van der Waals surface area contributed by atoms with Crippen molar-refractivity contribution in [2.45, 2.75) is 32.6 Å². The number of benzene rings is 1. The van der Waals surface area contributed by atoms with Gasteiger partial charge in [-0.15, -0.1) is 0 Å². The van der Waals surface area contributed by atoms with Crippen LogP contribution in [0.2, 0.25) is 0 Å². The molecule has 27 heavy (non-hydrogen) atoms. The summed E-state index contributed by atoms with van der Waals surface area (Å²) in [7, 11) is 1.64. The lowest BCUT2D eigenvalue weighted by Crippen LogP contribution is -2.33. The smallest absolute Gasteiger partial charge is 0.227 e. The number of amides is 1. The number of methoxy groups -OCH3 is 1. The van der Waals surface area contributed by atoms with Gasteiger partial charge >= 0.3 is 0 Å². The van der Waals surface area contributed by atoms with E-state index in [1.54, 1.807) is 7.11 Å². The summed E-state index contributed by atoms with van der Waals surface area (Å²) in [6, 6.07) is 13.8. The second-order valence-electron chi connectivity index (χ2n) is 7.06. The van der Waals surface area contributed by atoms with E-state index in [-0.39, 0.29) is 17.7 Å². The number of rotatable bonds is 8. The molecule has 1 atom stereocenters. The number of aryl methyl sites for hydroxylation is 1. The highest BCUT2D eigenvalue weighted by Crippen LogP contribution is 2.26. The van der Waals surface area contributed by atoms with Crippen LogP contribution in [0.1, 0.15) is 37.6 Å². The van der Waals surface area contributed by atoms with Crippen LogP contribution in [0.3, 0.4) is 0 Å². The molecule has 1 aromatic carbocycles. The molecular formula is C22H27N3O2. The molecule has 0 fully saturated rings. The highest BCUT2D eigenvalue weighted by atomic mass is 16.5. The Morgan fingerprint density at radius 2 is 1.96 bits per heavy atom. The van der Waals surface area contributed by atoms with Crippen molar-refractivity contribution in [3.05, 3.63) is 66.2 Å². The van der Waals surface area contributed by atoms with Crippen LogP contribution in [0, 0.1) is 5.92 Å². The summed E-state index contributed by atoms with van der Waals surface area (Å²) in [5, 5.41) is 3.09. The number of ether oxygens (including phenoxy) is 1. The van der Waals surface area contributed by atoms with Crippen molar-refractivity contribution in [1.82, 2.24) is 14.7 Å². The van der Waals surface area contributed by atoms with Gasteiger partial charge in [-0.2, -0.15) is 0 Å². The number of hydrogen-bond donors (Lipinski definition) is 1. The molecule has 5 nitrogen and oxygen atoms in total. The largest absolute Gasteiger partial charge is 0.497 e. The first kappa shape index (κ1) is 19.0. The fraction of sp³-hybridized carbons (Fsp3) is 0.364. The number of hydrogen-bond acceptors (Lipinski definition) is 3. The van der Waals surface area contributed by atoms with Crippen molar-refractivity contribution in [3.63, 3.8) is 0 Å². The predicted molar refractivity (Wildman–Crippen MR) is 107 cm³/mol. The van der Waals surface area contributed by atoms with Crippen LogP contribution >= 0.6 is 0 Å². The highest BCUT2D eigenvalue weighted by molar-refractivity contribution is 5.83. The van der Waals surface area contributed by atoms with E-state index in [4.69, 9.17) is 4.74 Å². The van der Waals surface area contributed by atoms with Crippen molar-refractivity contribution >= 4 is 11.4 Å². The van der Waals surface area contributed by atoms with Gasteiger partial charge in [0.25, 0.3) is 0 Å². The van der Waals surface area contributed by atoms with Gasteiger partial charge in [0, 0.05) is 19.2 Å². The first-order valence-corrected chi connectivity index (χ1v) is 9.42. The number of fused-ring (bicyclic) bond motifs is 1. The number of nitrogens with zero attached hydrogens (tertiary/aromatic N) is 2. The van der Waals surface area contributed by atoms with E-state index in [1.807, 2.05) is 54.9 Å². The van der Waals surface area contributed by atoms with Crippen molar-refractivity contribution in [1.29, 1.82) is 0 Å². The Morgan fingerprint density at radius 1 is 1.19 bits per heavy atom. The van der Waals surface area contributed by atoms with E-state index in [9.17, 15) is 4.79 Å². The molecule has 2 aromatic heterocycles. The maximum atomic E-state index is 12.8. The summed E-state index contributed by atoms with van der Waals surface area (Å²) >= 11 is 0. The molecule has 1 N–H and O–H groups in total. The summed E-state index contributed by atoms with van der Waals surface area (Å²) in [4.78, 5) is 17.2. The summed E-state index contributed by atoms with van der Waals surface area (Å²) in [5.41, 5.74) is 2.11. The first-order chi connectivity index (χ1) is 13.1. The van der Waals surface area contributed by atoms with Crippen molar-refractivity contribution in [2.75, 3.05) is 13.7 Å². The molecule has 0 aliphatic heterocycles. The van der Waals surface area contributed by atoms with E-state index >= 15 is 0 Å². The van der Waals surface area contributed by atoms with E-state index in [0.29, 0.717) is 6.54 Å². The molecule has 0 radical (unpaired) electrons. The third-order valence-corrected chi connectivity index (χ3v) is 4.82. The molecule has 0 bridgehead atoms. The molecule has 0 saturated heterocycles. The Labute approximate surface area is 160 Å². The maximum absolute atomic E-state index is 12.8. The molecule has 3 aromatic rings. The standard InChI is InChI=1S/C22H27N3O2/c1-16(2)21(17-9-11-19(27-3)12-10-17)22(26)23-13-6-8-20-24-15-18-7-4-5-14-25(18)20/h4-5,7,9-12,14-16,21H,6,8,13H2,1-3H3,(H,23,26). The van der Waals surface area contributed by atoms with E-state index in [1.165, 1.54) is 0 Å². The minimum absolute atomic E-state index is 0.0724. The normalized spacial score (nSPS) is 12.3. The highest BCUT2D eigenvalue weighted by Gasteiger charge is 2.23. The number of nitrogens with one attached hydrogen (secondary N) is 1. The third kappa shape index (κ3) is 4.48. The Hall–Kier alpha value is -2.82. The number of imidazole rings is 1. The predicted octanol–water partition coefficient (Wildman–Crippen LogP) is 3.83. The van der Waals surface area contributed by atoms with Gasteiger partial charge in [0.05, 0.1) is 24.7 Å². The van der Waals surface area contributed by atoms with E-state index < -0.39 is 0 Å². The maximum Gasteiger partial charge on any atom is 0.227 e. The molecule has 1 unspecified atom stereocenters. The zero-order valence-electron chi connectivity index (χ0n) is 16.2. The fourth-order valence-electron chi connectivity index (χ4n) is 3.40. The molecule has 3 rings (SSSR count). The monoisotopic (exact) mass is 365 g/mol. The minimum atomic E-state index is -0.164. The molecule has 1 amide bonds. The summed E-state index contributed by atoms with van der Waals surface area (Å²) in [5.74, 6) is 1.95. The third-order valence-electron chi connectivity index (χ3n) is 4.82. The number of carbonyl (C=O) groups is 1. The van der Waals surface area contributed by atoms with E-state index in [2.05, 4.69) is 28.5 Å². The summed E-state index contributed by atoms with van der Waals surface area (Å²) in [6.45, 7) is 4.79. The molecule has 0 spiro atoms. The van der Waals surface area contributed by atoms with Gasteiger partial charge in [0.15, 0.2) is 0 Å². The summed E-state index contributed by atoms with van der Waals surface area (Å²) in [6.07, 6.45) is 5.58. The number of carbonyl (C=O) groups excluding carboxylic acids is 1. The lowest BCUT2D eigenvalue weighted by atomic mass is 9.87. The van der Waals surface area contributed by atoms with Gasteiger partial charge in [-0.25, -0.2) is 4.98 Å². The van der Waals surface area contributed by atoms with Crippen LogP contribution in [-0.2, 0) is 11.2 Å². The SMILES string of the molecule is COc1ccc(C(C(=O)NCCCc2ncc3ccccn23)C(C)C)cc1. The van der Waals surface area contributed by atoms with Crippen molar-refractivity contribution in [2.24, 2.45) is 5.92 Å². The second kappa shape index (κ2) is 8.71. The van der Waals surface area contributed by atoms with Crippen LogP contribution in [-0.4, -0.2) is 28.9 Å². The van der Waals surface area contributed by atoms with Gasteiger partial charge in [0.2, 0.25) is 5.91 Å². The van der Waals surface area contributed by atoms with Gasteiger partial charge in [-0.3, -0.25) is 4.79 Å². The van der Waals surface area contributed by atoms with E-state index in [0.717, 1.165) is 35.5 Å². The van der Waals surface area contributed by atoms with Gasteiger partial charge in [0.1, 0.15) is 11.6 Å². The topological polar surface area (TPSA) is 55.6 Å². The Kier molecular flexibility index (Phi) is 6.12. The van der Waals surface area contributed by atoms with Crippen LogP contribution in [0.15, 0.2) is 54.9 Å². The minimum Gasteiger partial charge on any atom is -0.497 e. The second-order valence-corrected chi connectivity index (χ2v) is 7.06. The Balaban J connectivity index is 1.56. The number of pyridine rings is 1. The van der Waals surface area contributed by atoms with Gasteiger partial charge in [-0.05, 0) is 42.2 Å². The van der Waals surface area contributed by atoms with Crippen LogP contribution in [0.4, 0.5) is 0 Å². The van der Waals surface area contributed by atoms with Gasteiger partial charge < -0.3 is 14.5 Å². The van der Waals surface area contributed by atoms with Crippen LogP contribution in [0.25, 0.3) is 5.52 Å². The molecule has 0 saturated carbocycles. The van der Waals surface area contributed by atoms with Crippen LogP contribution < -0.4 is 10.1 Å². The zero-order chi connectivity index (χ0) is 19.2. The molecule has 0 aliphatic carbocycles. The molecule has 5 heteroatoms. The molecule has 0 aliphatic rings. The lowest BCUT2D eigenvalue weighted by Gasteiger charge is -2.21. The van der Waals surface area contributed by atoms with Crippen LogP contribution in [0.5, 0.6) is 5.75 Å². The Bertz CT molecular complexity index is 884.